The number of nitrogens with one attached hydrogen (secondary N) is 1. The fraction of sp³-hybridized carbons (Fsp3) is 0.300. The van der Waals surface area contributed by atoms with Gasteiger partial charge in [0.05, 0.1) is 21.5 Å². The van der Waals surface area contributed by atoms with Gasteiger partial charge in [-0.15, -0.1) is 0 Å². The van der Waals surface area contributed by atoms with Crippen LogP contribution in [0.15, 0.2) is 42.5 Å². The number of fused-ring (bicyclic) bond motifs is 3. The minimum atomic E-state index is -0.390. The van der Waals surface area contributed by atoms with E-state index < -0.39 is 4.92 Å². The van der Waals surface area contributed by atoms with E-state index in [2.05, 4.69) is 17.5 Å². The van der Waals surface area contributed by atoms with Crippen molar-refractivity contribution in [2.45, 2.75) is 32.2 Å². The minimum Gasteiger partial charge on any atom is -0.372 e. The van der Waals surface area contributed by atoms with E-state index in [1.165, 1.54) is 6.07 Å². The molecule has 0 saturated carbocycles. The van der Waals surface area contributed by atoms with Gasteiger partial charge in [0.2, 0.25) is 0 Å². The molecule has 0 amide bonds. The molecule has 7 heteroatoms. The lowest BCUT2D eigenvalue weighted by Gasteiger charge is -2.38. The summed E-state index contributed by atoms with van der Waals surface area (Å²) in [6.45, 7) is 3.86. The van der Waals surface area contributed by atoms with E-state index >= 15 is 0 Å². The molecule has 0 aromatic heterocycles. The molecule has 1 aliphatic heterocycles. The molecule has 2 aromatic rings. The van der Waals surface area contributed by atoms with Crippen molar-refractivity contribution in [3.63, 3.8) is 0 Å². The minimum absolute atomic E-state index is 0.00432. The monoisotopic (exact) mass is 365 g/mol. The predicted octanol–water partition coefficient (Wildman–Crippen LogP) is 4.95. The SMILES string of the molecule is Cc1cc([N+](=O)[O-])c2c(c1C)[C@@H]1C=CC[C@@H]1[C@@H](c1ccccc1[N+](=O)[O-])N2. The Morgan fingerprint density at radius 3 is 2.48 bits per heavy atom. The second-order valence-electron chi connectivity index (χ2n) is 7.17. The van der Waals surface area contributed by atoms with Crippen molar-refractivity contribution in [2.75, 3.05) is 5.32 Å². The van der Waals surface area contributed by atoms with E-state index in [9.17, 15) is 20.2 Å². The van der Waals surface area contributed by atoms with Crippen molar-refractivity contribution in [1.29, 1.82) is 0 Å². The molecule has 0 spiro atoms. The summed E-state index contributed by atoms with van der Waals surface area (Å²) >= 11 is 0. The first-order valence-electron chi connectivity index (χ1n) is 8.85. The summed E-state index contributed by atoms with van der Waals surface area (Å²) < 4.78 is 0. The van der Waals surface area contributed by atoms with Crippen LogP contribution in [-0.4, -0.2) is 9.85 Å². The average molecular weight is 365 g/mol. The van der Waals surface area contributed by atoms with Gasteiger partial charge in [0.15, 0.2) is 0 Å². The zero-order valence-electron chi connectivity index (χ0n) is 15.0. The smallest absolute Gasteiger partial charge is 0.292 e. The number of para-hydroxylation sites is 1. The van der Waals surface area contributed by atoms with Crippen molar-refractivity contribution < 1.29 is 9.85 Å². The lowest BCUT2D eigenvalue weighted by atomic mass is 9.74. The van der Waals surface area contributed by atoms with Crippen molar-refractivity contribution in [1.82, 2.24) is 0 Å². The van der Waals surface area contributed by atoms with Gasteiger partial charge < -0.3 is 5.32 Å². The lowest BCUT2D eigenvalue weighted by Crippen LogP contribution is -2.31. The summed E-state index contributed by atoms with van der Waals surface area (Å²) in [5, 5.41) is 26.5. The zero-order chi connectivity index (χ0) is 19.3. The maximum Gasteiger partial charge on any atom is 0.292 e. The molecule has 0 radical (unpaired) electrons. The van der Waals surface area contributed by atoms with Gasteiger partial charge in [0.25, 0.3) is 11.4 Å². The number of hydrogen-bond acceptors (Lipinski definition) is 5. The fourth-order valence-corrected chi connectivity index (χ4v) is 4.45. The predicted molar refractivity (Wildman–Crippen MR) is 102 cm³/mol. The van der Waals surface area contributed by atoms with Crippen molar-refractivity contribution >= 4 is 17.1 Å². The summed E-state index contributed by atoms with van der Waals surface area (Å²) in [6, 6.07) is 7.85. The van der Waals surface area contributed by atoms with E-state index in [0.29, 0.717) is 11.3 Å². The van der Waals surface area contributed by atoms with Gasteiger partial charge in [-0.3, -0.25) is 20.2 Å². The maximum absolute atomic E-state index is 11.7. The average Bonchev–Trinajstić information content (AvgIpc) is 3.13. The normalized spacial score (nSPS) is 22.7. The van der Waals surface area contributed by atoms with Crippen LogP contribution in [0.1, 0.15) is 40.6 Å². The number of hydrogen-bond donors (Lipinski definition) is 1. The topological polar surface area (TPSA) is 98.3 Å². The highest BCUT2D eigenvalue weighted by molar-refractivity contribution is 5.74. The van der Waals surface area contributed by atoms with E-state index in [0.717, 1.165) is 23.1 Å². The molecule has 7 nitrogen and oxygen atoms in total. The number of nitro benzene ring substituents is 2. The Morgan fingerprint density at radius 2 is 1.78 bits per heavy atom. The first kappa shape index (κ1) is 17.2. The standard InChI is InChI=1S/C20H19N3O4/c1-11-10-17(23(26)27)20-18(12(11)2)13-7-5-8-14(13)19(21-20)15-6-3-4-9-16(15)22(24)25/h3-7,9-10,13-14,19,21H,8H2,1-2H3/t13-,14+,19+/m1/s1. The van der Waals surface area contributed by atoms with E-state index in [1.807, 2.05) is 13.8 Å². The van der Waals surface area contributed by atoms with E-state index in [4.69, 9.17) is 0 Å². The molecule has 1 N–H and O–H groups in total. The van der Waals surface area contributed by atoms with Crippen LogP contribution in [0.5, 0.6) is 0 Å². The highest BCUT2D eigenvalue weighted by Crippen LogP contribution is 2.54. The summed E-state index contributed by atoms with van der Waals surface area (Å²) in [7, 11) is 0. The summed E-state index contributed by atoms with van der Waals surface area (Å²) in [6.07, 6.45) is 4.93. The number of anilines is 1. The quantitative estimate of drug-likeness (QED) is 0.471. The number of rotatable bonds is 3. The third-order valence-corrected chi connectivity index (χ3v) is 5.81. The van der Waals surface area contributed by atoms with Crippen LogP contribution in [0.4, 0.5) is 17.1 Å². The van der Waals surface area contributed by atoms with Crippen molar-refractivity contribution in [2.24, 2.45) is 5.92 Å². The second-order valence-corrected chi connectivity index (χ2v) is 7.17. The third-order valence-electron chi connectivity index (χ3n) is 5.81. The maximum atomic E-state index is 11.7. The Hall–Kier alpha value is -3.22. The largest absolute Gasteiger partial charge is 0.372 e. The summed E-state index contributed by atoms with van der Waals surface area (Å²) in [4.78, 5) is 22.4. The Bertz CT molecular complexity index is 999. The van der Waals surface area contributed by atoms with E-state index in [-0.39, 0.29) is 34.2 Å². The van der Waals surface area contributed by atoms with Gasteiger partial charge in [-0.1, -0.05) is 30.4 Å². The van der Waals surface area contributed by atoms with Crippen molar-refractivity contribution in [3.05, 3.63) is 85.0 Å². The molecule has 1 aliphatic carbocycles. The molecular formula is C20H19N3O4. The highest BCUT2D eigenvalue weighted by Gasteiger charge is 2.43. The first-order chi connectivity index (χ1) is 12.9. The molecule has 2 aliphatic rings. The fourth-order valence-electron chi connectivity index (χ4n) is 4.45. The van der Waals surface area contributed by atoms with Crippen LogP contribution in [0, 0.1) is 40.0 Å². The van der Waals surface area contributed by atoms with Gasteiger partial charge in [-0.2, -0.15) is 0 Å². The molecule has 0 unspecified atom stereocenters. The van der Waals surface area contributed by atoms with E-state index in [1.54, 1.807) is 24.3 Å². The number of nitro groups is 2. The van der Waals surface area contributed by atoms with Crippen molar-refractivity contribution in [3.8, 4) is 0 Å². The Kier molecular flexibility index (Phi) is 3.95. The first-order valence-corrected chi connectivity index (χ1v) is 8.85. The third kappa shape index (κ3) is 2.58. The molecule has 27 heavy (non-hydrogen) atoms. The molecular weight excluding hydrogens is 346 g/mol. The summed E-state index contributed by atoms with van der Waals surface area (Å²) in [5.41, 5.74) is 3.97. The van der Waals surface area contributed by atoms with Gasteiger partial charge in [-0.25, -0.2) is 0 Å². The van der Waals surface area contributed by atoms with Gasteiger partial charge >= 0.3 is 0 Å². The number of allylic oxidation sites excluding steroid dienone is 2. The second kappa shape index (κ2) is 6.19. The molecule has 4 rings (SSSR count). The number of benzene rings is 2. The molecule has 0 fully saturated rings. The number of nitrogens with zero attached hydrogens (tertiary/aromatic N) is 2. The lowest BCUT2D eigenvalue weighted by molar-refractivity contribution is -0.386. The van der Waals surface area contributed by atoms with Gasteiger partial charge in [-0.05, 0) is 42.9 Å². The molecule has 3 atom stereocenters. The van der Waals surface area contributed by atoms with Crippen LogP contribution in [0.3, 0.4) is 0 Å². The zero-order valence-corrected chi connectivity index (χ0v) is 15.0. The van der Waals surface area contributed by atoms with Crippen LogP contribution < -0.4 is 5.32 Å². The Morgan fingerprint density at radius 1 is 1.07 bits per heavy atom. The Labute approximate surface area is 156 Å². The Balaban J connectivity index is 1.94. The molecule has 138 valence electrons. The van der Waals surface area contributed by atoms with Crippen LogP contribution in [0.25, 0.3) is 0 Å². The van der Waals surface area contributed by atoms with Crippen LogP contribution in [-0.2, 0) is 0 Å². The van der Waals surface area contributed by atoms with Gasteiger partial charge in [0.1, 0.15) is 5.69 Å². The number of aryl methyl sites for hydroxylation is 1. The highest BCUT2D eigenvalue weighted by atomic mass is 16.6. The molecule has 1 heterocycles. The van der Waals surface area contributed by atoms with Crippen LogP contribution >= 0.6 is 0 Å². The molecule has 0 bridgehead atoms. The summed E-state index contributed by atoms with van der Waals surface area (Å²) in [5.74, 6) is 0.0864. The molecule has 0 saturated heterocycles. The van der Waals surface area contributed by atoms with Crippen LogP contribution in [0.2, 0.25) is 0 Å². The van der Waals surface area contributed by atoms with Gasteiger partial charge in [0, 0.05) is 18.1 Å². The molecule has 2 aromatic carbocycles.